The van der Waals surface area contributed by atoms with E-state index in [1.54, 1.807) is 6.92 Å². The molecule has 0 aromatic carbocycles. The van der Waals surface area contributed by atoms with Gasteiger partial charge in [0, 0.05) is 6.08 Å². The lowest BCUT2D eigenvalue weighted by Crippen LogP contribution is -1.95. The Morgan fingerprint density at radius 3 is 2.00 bits per heavy atom. The highest BCUT2D eigenvalue weighted by Gasteiger charge is 2.04. The van der Waals surface area contributed by atoms with Crippen molar-refractivity contribution in [2.75, 3.05) is 14.3 Å². The summed E-state index contributed by atoms with van der Waals surface area (Å²) in [5, 5.41) is 10.1. The molecule has 0 heterocycles. The third-order valence-corrected chi connectivity index (χ3v) is 1.30. The van der Waals surface area contributed by atoms with Crippen molar-refractivity contribution in [3.63, 3.8) is 0 Å². The van der Waals surface area contributed by atoms with Crippen LogP contribution in [-0.2, 0) is 4.74 Å². The monoisotopic (exact) mass is 233 g/mol. The van der Waals surface area contributed by atoms with E-state index in [1.807, 2.05) is 13.8 Å². The first-order valence-corrected chi connectivity index (χ1v) is 4.61. The maximum atomic E-state index is 10.1. The van der Waals surface area contributed by atoms with Gasteiger partial charge in [-0.25, -0.2) is 0 Å². The second-order valence-electron chi connectivity index (χ2n) is 2.20. The average Bonchev–Trinajstić information content (AvgIpc) is 2.32. The smallest absolute Gasteiger partial charge is 0.262 e. The molecule has 16 heavy (non-hydrogen) atoms. The Kier molecular flexibility index (Phi) is 16.6. The summed E-state index contributed by atoms with van der Waals surface area (Å²) in [7, 11) is 1.95. The molecule has 5 heteroatoms. The van der Waals surface area contributed by atoms with Gasteiger partial charge in [-0.2, -0.15) is 0 Å². The van der Waals surface area contributed by atoms with Gasteiger partial charge in [0.05, 0.1) is 19.2 Å². The lowest BCUT2D eigenvalue weighted by atomic mass is 10.2. The fourth-order valence-corrected chi connectivity index (χ4v) is 0.544. The van der Waals surface area contributed by atoms with Gasteiger partial charge in [-0.05, 0) is 19.1 Å². The summed E-state index contributed by atoms with van der Waals surface area (Å²) in [4.78, 5) is 9.57. The summed E-state index contributed by atoms with van der Waals surface area (Å²) in [6.45, 7) is 12.4. The molecule has 0 unspecified atom stereocenters. The van der Waals surface area contributed by atoms with E-state index in [0.717, 1.165) is 0 Å². The average molecular weight is 233 g/mol. The van der Waals surface area contributed by atoms with E-state index in [0.29, 0.717) is 18.5 Å². The number of halogens is 1. The Morgan fingerprint density at radius 2 is 1.75 bits per heavy atom. The number of rotatable bonds is 4. The number of hydrogen-bond acceptors (Lipinski definition) is 3. The zero-order valence-electron chi connectivity index (χ0n) is 10.5. The second kappa shape index (κ2) is 13.4. The van der Waals surface area contributed by atoms with Crippen molar-refractivity contribution < 1.29 is 14.1 Å². The van der Waals surface area contributed by atoms with Gasteiger partial charge >= 0.3 is 0 Å². The Balaban J connectivity index is -0.000000376. The molecular weight excluding hydrogens is 213 g/mol. The van der Waals surface area contributed by atoms with Crippen molar-refractivity contribution in [3.8, 4) is 0 Å². The summed E-state index contributed by atoms with van der Waals surface area (Å²) in [5.41, 5.74) is 0.421. The van der Waals surface area contributed by atoms with Crippen LogP contribution in [0.3, 0.4) is 0 Å². The van der Waals surface area contributed by atoms with Gasteiger partial charge in [0.2, 0.25) is 0 Å². The van der Waals surface area contributed by atoms with Crippen LogP contribution in [0.4, 0.5) is 4.39 Å². The number of hydrogen-bond donors (Lipinski definition) is 0. The minimum absolute atomic E-state index is 0.175. The molecule has 0 atom stereocenters. The molecule has 4 nitrogen and oxygen atoms in total. The van der Waals surface area contributed by atoms with Gasteiger partial charge in [-0.15, -0.1) is 0 Å². The number of methoxy groups -OCH3 is 1. The molecule has 0 aromatic rings. The number of ether oxygens (including phenoxy) is 1. The van der Waals surface area contributed by atoms with Crippen LogP contribution in [0.2, 0.25) is 0 Å². The van der Waals surface area contributed by atoms with Gasteiger partial charge in [0.1, 0.15) is 5.76 Å². The summed E-state index contributed by atoms with van der Waals surface area (Å²) in [6, 6.07) is 0. The van der Waals surface area contributed by atoms with Crippen LogP contribution >= 0.6 is 0 Å². The molecule has 0 aromatic heterocycles. The third kappa shape index (κ3) is 10.4. The van der Waals surface area contributed by atoms with Crippen LogP contribution < -0.4 is 0 Å². The van der Waals surface area contributed by atoms with E-state index in [2.05, 4.69) is 13.2 Å². The molecule has 0 saturated heterocycles. The first-order valence-electron chi connectivity index (χ1n) is 4.61. The van der Waals surface area contributed by atoms with Crippen LogP contribution in [-0.4, -0.2) is 19.2 Å². The number of nitro groups is 1. The van der Waals surface area contributed by atoms with Gasteiger partial charge in [-0.1, -0.05) is 20.4 Å². The van der Waals surface area contributed by atoms with Gasteiger partial charge < -0.3 is 4.74 Å². The lowest BCUT2D eigenvalue weighted by Gasteiger charge is -2.01. The van der Waals surface area contributed by atoms with Crippen molar-refractivity contribution in [1.29, 1.82) is 0 Å². The highest BCUT2D eigenvalue weighted by atomic mass is 19.1. The van der Waals surface area contributed by atoms with E-state index in [-0.39, 0.29) is 5.70 Å². The zero-order valence-corrected chi connectivity index (χ0v) is 10.5. The Morgan fingerprint density at radius 1 is 1.38 bits per heavy atom. The van der Waals surface area contributed by atoms with Crippen molar-refractivity contribution in [2.45, 2.75) is 20.8 Å². The highest BCUT2D eigenvalue weighted by molar-refractivity contribution is 5.26. The molecule has 0 N–H and O–H groups in total. The second-order valence-corrected chi connectivity index (χ2v) is 2.20. The predicted molar refractivity (Wildman–Crippen MR) is 64.4 cm³/mol. The van der Waals surface area contributed by atoms with Crippen LogP contribution in [0.15, 0.2) is 36.3 Å². The van der Waals surface area contributed by atoms with Crippen molar-refractivity contribution in [1.82, 2.24) is 0 Å². The summed E-state index contributed by atoms with van der Waals surface area (Å²) < 4.78 is 14.3. The minimum atomic E-state index is -0.563. The van der Waals surface area contributed by atoms with Gasteiger partial charge in [-0.3, -0.25) is 14.5 Å². The maximum absolute atomic E-state index is 10.1. The van der Waals surface area contributed by atoms with E-state index in [4.69, 9.17) is 4.74 Å². The fourth-order valence-electron chi connectivity index (χ4n) is 0.544. The normalized spacial score (nSPS) is 8.75. The molecular formula is C11H20FNO3. The van der Waals surface area contributed by atoms with Crippen molar-refractivity contribution in [2.24, 2.45) is 0 Å². The molecule has 0 bridgehead atoms. The topological polar surface area (TPSA) is 52.4 Å². The Bertz CT molecular complexity index is 260. The molecule has 0 rings (SSSR count). The predicted octanol–water partition coefficient (Wildman–Crippen LogP) is 3.50. The van der Waals surface area contributed by atoms with E-state index in [9.17, 15) is 14.5 Å². The van der Waals surface area contributed by atoms with E-state index in [1.165, 1.54) is 13.2 Å². The van der Waals surface area contributed by atoms with Crippen LogP contribution in [0.1, 0.15) is 20.8 Å². The maximum Gasteiger partial charge on any atom is 0.262 e. The molecule has 0 saturated carbocycles. The molecule has 0 aliphatic rings. The summed E-state index contributed by atoms with van der Waals surface area (Å²) in [5.74, 6) is 0.401. The summed E-state index contributed by atoms with van der Waals surface area (Å²) in [6.07, 6.45) is 1.31. The molecule has 0 radical (unpaired) electrons. The third-order valence-electron chi connectivity index (χ3n) is 1.30. The number of nitrogens with zero attached hydrogens (tertiary/aromatic N) is 1. The molecule has 0 aliphatic carbocycles. The largest absolute Gasteiger partial charge is 0.497 e. The Labute approximate surface area is 96.3 Å². The summed E-state index contributed by atoms with van der Waals surface area (Å²) >= 11 is 0. The molecule has 94 valence electrons. The minimum Gasteiger partial charge on any atom is -0.497 e. The first-order chi connectivity index (χ1) is 7.49. The number of alkyl halides is 1. The molecule has 0 aliphatic heterocycles. The van der Waals surface area contributed by atoms with E-state index < -0.39 is 4.92 Å². The Hall–Kier alpha value is -1.65. The van der Waals surface area contributed by atoms with Crippen LogP contribution in [0.5, 0.6) is 0 Å². The standard InChI is InChI=1S/C8H11NO3.C2H6.CH3F/c1-6(8(3)12-4)5-7(2)9(10)11;2*1-2/h5H,2-3H2,1,4H3;1-2H3;1H3/b6-5-;;. The first kappa shape index (κ1) is 19.9. The molecule has 0 fully saturated rings. The van der Waals surface area contributed by atoms with Gasteiger partial charge in [0.15, 0.2) is 0 Å². The van der Waals surface area contributed by atoms with Crippen LogP contribution in [0, 0.1) is 10.1 Å². The fraction of sp³-hybridized carbons (Fsp3) is 0.455. The van der Waals surface area contributed by atoms with Crippen molar-refractivity contribution in [3.05, 3.63) is 46.4 Å². The van der Waals surface area contributed by atoms with Crippen LogP contribution in [0.25, 0.3) is 0 Å². The van der Waals surface area contributed by atoms with Crippen molar-refractivity contribution >= 4 is 0 Å². The quantitative estimate of drug-likeness (QED) is 0.323. The molecule has 0 spiro atoms. The SMILES string of the molecule is C=C(OC)/C(C)=C\C(=C)[N+](=O)[O-].CC.CF. The highest BCUT2D eigenvalue weighted by Crippen LogP contribution is 2.09. The number of allylic oxidation sites excluding steroid dienone is 2. The van der Waals surface area contributed by atoms with E-state index >= 15 is 0 Å². The molecule has 0 amide bonds. The lowest BCUT2D eigenvalue weighted by molar-refractivity contribution is -0.418. The van der Waals surface area contributed by atoms with Gasteiger partial charge in [0.25, 0.3) is 5.70 Å². The zero-order chi connectivity index (χ0) is 13.7.